The fraction of sp³-hybridized carbons (Fsp3) is 0.500. The summed E-state index contributed by atoms with van der Waals surface area (Å²) in [6, 6.07) is 12.2. The van der Waals surface area contributed by atoms with E-state index in [2.05, 4.69) is 27.3 Å². The van der Waals surface area contributed by atoms with Crippen LogP contribution in [0, 0.1) is 0 Å². The van der Waals surface area contributed by atoms with Crippen LogP contribution < -0.4 is 10.1 Å². The van der Waals surface area contributed by atoms with Gasteiger partial charge in [-0.05, 0) is 37.1 Å². The summed E-state index contributed by atoms with van der Waals surface area (Å²) in [5, 5.41) is 13.8. The molecule has 1 aromatic carbocycles. The van der Waals surface area contributed by atoms with E-state index in [4.69, 9.17) is 4.74 Å². The zero-order valence-corrected chi connectivity index (χ0v) is 17.2. The van der Waals surface area contributed by atoms with Gasteiger partial charge in [-0.3, -0.25) is 9.88 Å². The number of benzene rings is 1. The van der Waals surface area contributed by atoms with Crippen LogP contribution in [0.5, 0.6) is 5.75 Å². The predicted octanol–water partition coefficient (Wildman–Crippen LogP) is 2.59. The Morgan fingerprint density at radius 1 is 1.18 bits per heavy atom. The number of rotatable bonds is 11. The zero-order chi connectivity index (χ0) is 19.4. The lowest BCUT2D eigenvalue weighted by Crippen LogP contribution is -2.40. The number of para-hydroxylation sites is 1. The minimum absolute atomic E-state index is 0.335. The van der Waals surface area contributed by atoms with Crippen molar-refractivity contribution in [2.24, 2.45) is 0 Å². The molecule has 6 heteroatoms. The first-order valence-electron chi connectivity index (χ1n) is 10.1. The van der Waals surface area contributed by atoms with E-state index in [1.807, 2.05) is 42.2 Å². The van der Waals surface area contributed by atoms with Crippen LogP contribution in [0.25, 0.3) is 0 Å². The van der Waals surface area contributed by atoms with Crippen LogP contribution in [0.15, 0.2) is 48.8 Å². The molecule has 1 aromatic heterocycles. The van der Waals surface area contributed by atoms with Gasteiger partial charge in [0.2, 0.25) is 0 Å². The Morgan fingerprint density at radius 2 is 2.04 bits per heavy atom. The van der Waals surface area contributed by atoms with Gasteiger partial charge in [-0.1, -0.05) is 24.3 Å². The Hall–Kier alpha value is -1.60. The van der Waals surface area contributed by atoms with Gasteiger partial charge in [0.05, 0.1) is 0 Å². The molecule has 0 aliphatic carbocycles. The second kappa shape index (κ2) is 12.1. The number of aliphatic hydroxyl groups is 1. The third-order valence-corrected chi connectivity index (χ3v) is 5.78. The van der Waals surface area contributed by atoms with Crippen molar-refractivity contribution in [3.63, 3.8) is 0 Å². The van der Waals surface area contributed by atoms with Crippen molar-refractivity contribution >= 4 is 11.8 Å². The second-order valence-corrected chi connectivity index (χ2v) is 8.35. The zero-order valence-electron chi connectivity index (χ0n) is 16.4. The lowest BCUT2D eigenvalue weighted by molar-refractivity contribution is 0.0711. The molecule has 0 radical (unpaired) electrons. The van der Waals surface area contributed by atoms with Gasteiger partial charge in [0.1, 0.15) is 18.5 Å². The standard InChI is InChI=1S/C22H31N3O2S/c26-21(17-25-11-13-28-14-12-25)18-27-22-8-2-1-7-20(22)16-24-10-4-6-19-5-3-9-23-15-19/h1-3,5,7-9,15,21,24,26H,4,6,10-14,16-18H2. The van der Waals surface area contributed by atoms with Crippen LogP contribution in [0.1, 0.15) is 17.5 Å². The Kier molecular flexibility index (Phi) is 9.10. The minimum Gasteiger partial charge on any atom is -0.491 e. The van der Waals surface area contributed by atoms with E-state index in [0.29, 0.717) is 13.2 Å². The normalized spacial score (nSPS) is 16.0. The van der Waals surface area contributed by atoms with Crippen molar-refractivity contribution in [3.8, 4) is 5.75 Å². The van der Waals surface area contributed by atoms with Crippen molar-refractivity contribution in [1.82, 2.24) is 15.2 Å². The number of aliphatic hydroxyl groups excluding tert-OH is 1. The van der Waals surface area contributed by atoms with Gasteiger partial charge in [-0.25, -0.2) is 0 Å². The summed E-state index contributed by atoms with van der Waals surface area (Å²) in [6.45, 7) is 4.85. The molecule has 152 valence electrons. The first kappa shape index (κ1) is 21.1. The van der Waals surface area contributed by atoms with E-state index in [1.165, 1.54) is 5.56 Å². The maximum Gasteiger partial charge on any atom is 0.123 e. The van der Waals surface area contributed by atoms with Crippen LogP contribution in [-0.4, -0.2) is 65.4 Å². The largest absolute Gasteiger partial charge is 0.491 e. The highest BCUT2D eigenvalue weighted by Crippen LogP contribution is 2.18. The molecular weight excluding hydrogens is 370 g/mol. The number of β-amino-alcohol motifs (C(OH)–C–C–N with tert-alkyl or cyclic N) is 1. The molecule has 0 amide bonds. The Morgan fingerprint density at radius 3 is 2.86 bits per heavy atom. The molecule has 1 atom stereocenters. The number of hydrogen-bond acceptors (Lipinski definition) is 6. The first-order chi connectivity index (χ1) is 13.8. The number of aryl methyl sites for hydroxylation is 1. The Bertz CT molecular complexity index is 680. The van der Waals surface area contributed by atoms with Crippen molar-refractivity contribution in [3.05, 3.63) is 59.9 Å². The summed E-state index contributed by atoms with van der Waals surface area (Å²) in [5.74, 6) is 3.17. The number of ether oxygens (including phenoxy) is 1. The fourth-order valence-electron chi connectivity index (χ4n) is 3.30. The predicted molar refractivity (Wildman–Crippen MR) is 116 cm³/mol. The molecule has 5 nitrogen and oxygen atoms in total. The van der Waals surface area contributed by atoms with E-state index < -0.39 is 6.10 Å². The highest BCUT2D eigenvalue weighted by Gasteiger charge is 2.15. The minimum atomic E-state index is -0.455. The highest BCUT2D eigenvalue weighted by molar-refractivity contribution is 7.99. The number of thioether (sulfide) groups is 1. The van der Waals surface area contributed by atoms with Crippen molar-refractivity contribution < 1.29 is 9.84 Å². The SMILES string of the molecule is OC(COc1ccccc1CNCCCc1cccnc1)CN1CCSCC1. The molecule has 1 saturated heterocycles. The van der Waals surface area contributed by atoms with Crippen molar-refractivity contribution in [1.29, 1.82) is 0 Å². The topological polar surface area (TPSA) is 57.6 Å². The second-order valence-electron chi connectivity index (χ2n) is 7.13. The van der Waals surface area contributed by atoms with Gasteiger partial charge in [0, 0.05) is 55.6 Å². The van der Waals surface area contributed by atoms with Crippen LogP contribution in [0.4, 0.5) is 0 Å². The quantitative estimate of drug-likeness (QED) is 0.565. The van der Waals surface area contributed by atoms with Crippen LogP contribution in [-0.2, 0) is 13.0 Å². The summed E-state index contributed by atoms with van der Waals surface area (Å²) in [4.78, 5) is 6.47. The molecular formula is C22H31N3O2S. The highest BCUT2D eigenvalue weighted by atomic mass is 32.2. The van der Waals surface area contributed by atoms with Crippen LogP contribution >= 0.6 is 11.8 Å². The van der Waals surface area contributed by atoms with Crippen LogP contribution in [0.3, 0.4) is 0 Å². The number of nitrogens with zero attached hydrogens (tertiary/aromatic N) is 2. The van der Waals surface area contributed by atoms with Gasteiger partial charge in [-0.2, -0.15) is 11.8 Å². The first-order valence-corrected chi connectivity index (χ1v) is 11.3. The summed E-state index contributed by atoms with van der Waals surface area (Å²) in [5.41, 5.74) is 2.40. The van der Waals surface area contributed by atoms with Gasteiger partial charge in [0.15, 0.2) is 0 Å². The molecule has 1 fully saturated rings. The molecule has 28 heavy (non-hydrogen) atoms. The molecule has 0 bridgehead atoms. The fourth-order valence-corrected chi connectivity index (χ4v) is 4.28. The number of aromatic nitrogens is 1. The third kappa shape index (κ3) is 7.43. The van der Waals surface area contributed by atoms with Gasteiger partial charge in [-0.15, -0.1) is 0 Å². The average Bonchev–Trinajstić information content (AvgIpc) is 2.74. The summed E-state index contributed by atoms with van der Waals surface area (Å²) < 4.78 is 5.94. The van der Waals surface area contributed by atoms with E-state index in [-0.39, 0.29) is 0 Å². The van der Waals surface area contributed by atoms with E-state index in [9.17, 15) is 5.11 Å². The molecule has 3 rings (SSSR count). The molecule has 1 aliphatic rings. The smallest absolute Gasteiger partial charge is 0.123 e. The van der Waals surface area contributed by atoms with E-state index in [0.717, 1.165) is 61.8 Å². The lowest BCUT2D eigenvalue weighted by Gasteiger charge is -2.28. The summed E-state index contributed by atoms with van der Waals surface area (Å²) >= 11 is 1.98. The van der Waals surface area contributed by atoms with E-state index >= 15 is 0 Å². The monoisotopic (exact) mass is 401 g/mol. The molecule has 1 unspecified atom stereocenters. The lowest BCUT2D eigenvalue weighted by atomic mass is 10.1. The molecule has 0 saturated carbocycles. The average molecular weight is 402 g/mol. The maximum absolute atomic E-state index is 10.3. The summed E-state index contributed by atoms with van der Waals surface area (Å²) in [6.07, 6.45) is 5.38. The Labute approximate surface area is 172 Å². The van der Waals surface area contributed by atoms with Gasteiger partial charge < -0.3 is 15.2 Å². The van der Waals surface area contributed by atoms with E-state index in [1.54, 1.807) is 6.20 Å². The van der Waals surface area contributed by atoms with Crippen molar-refractivity contribution in [2.75, 3.05) is 44.3 Å². The molecule has 2 heterocycles. The molecule has 2 aromatic rings. The third-order valence-electron chi connectivity index (χ3n) is 4.83. The number of nitrogens with one attached hydrogen (secondary N) is 1. The van der Waals surface area contributed by atoms with Crippen molar-refractivity contribution in [2.45, 2.75) is 25.5 Å². The molecule has 2 N–H and O–H groups in total. The number of hydrogen-bond donors (Lipinski definition) is 2. The molecule has 1 aliphatic heterocycles. The maximum atomic E-state index is 10.3. The van der Waals surface area contributed by atoms with Gasteiger partial charge in [0.25, 0.3) is 0 Å². The number of pyridine rings is 1. The molecule has 0 spiro atoms. The van der Waals surface area contributed by atoms with Gasteiger partial charge >= 0.3 is 0 Å². The van der Waals surface area contributed by atoms with Crippen LogP contribution in [0.2, 0.25) is 0 Å². The summed E-state index contributed by atoms with van der Waals surface area (Å²) in [7, 11) is 0. The Balaban J connectivity index is 1.37.